The molecule has 6 heteroatoms. The second kappa shape index (κ2) is 8.72. The molecule has 32 heavy (non-hydrogen) atoms. The van der Waals surface area contributed by atoms with Crippen LogP contribution in [0.3, 0.4) is 0 Å². The number of carbonyl (C=O) groups excluding carboxylic acids is 1. The number of amides is 1. The Morgan fingerprint density at radius 3 is 2.66 bits per heavy atom. The lowest BCUT2D eigenvalue weighted by atomic mass is 9.95. The van der Waals surface area contributed by atoms with Crippen molar-refractivity contribution in [2.45, 2.75) is 77.8 Å². The molecule has 1 amide bonds. The van der Waals surface area contributed by atoms with Crippen LogP contribution >= 0.6 is 0 Å². The van der Waals surface area contributed by atoms with Crippen LogP contribution < -0.4 is 15.5 Å². The first-order valence-electron chi connectivity index (χ1n) is 12.2. The molecular formula is C26H35N5O. The van der Waals surface area contributed by atoms with Crippen LogP contribution in [0.2, 0.25) is 0 Å². The van der Waals surface area contributed by atoms with Crippen molar-refractivity contribution in [3.8, 4) is 0 Å². The highest BCUT2D eigenvalue weighted by molar-refractivity contribution is 5.98. The van der Waals surface area contributed by atoms with Gasteiger partial charge >= 0.3 is 0 Å². The fourth-order valence-electron chi connectivity index (χ4n) is 5.13. The molecule has 0 radical (unpaired) electrons. The minimum Gasteiger partial charge on any atom is -0.365 e. The Hall–Kier alpha value is -2.63. The van der Waals surface area contributed by atoms with Gasteiger partial charge in [-0.25, -0.2) is 4.98 Å². The van der Waals surface area contributed by atoms with E-state index in [-0.39, 0.29) is 11.9 Å². The van der Waals surface area contributed by atoms with Crippen LogP contribution in [0.4, 0.5) is 11.8 Å². The molecule has 6 nitrogen and oxygen atoms in total. The summed E-state index contributed by atoms with van der Waals surface area (Å²) in [4.78, 5) is 24.9. The number of nitrogens with zero attached hydrogens (tertiary/aromatic N) is 3. The zero-order valence-corrected chi connectivity index (χ0v) is 19.4. The minimum atomic E-state index is -0.0638. The number of carbonyl (C=O) groups is 1. The summed E-state index contributed by atoms with van der Waals surface area (Å²) in [7, 11) is 0. The Morgan fingerprint density at radius 1 is 1.12 bits per heavy atom. The van der Waals surface area contributed by atoms with Gasteiger partial charge in [0, 0.05) is 31.9 Å². The molecular weight excluding hydrogens is 398 g/mol. The molecule has 3 aliphatic rings. The van der Waals surface area contributed by atoms with E-state index in [0.717, 1.165) is 31.9 Å². The third-order valence-corrected chi connectivity index (χ3v) is 7.67. The molecule has 1 aromatic heterocycles. The standard InChI is InChI=1S/C26H35N5O/c1-18-8-9-20(14-19(18)2)15-27-23-22(24(32)29-21-6-4-3-5-7-21)16-28-25(30-23)31-13-12-26(17-31)10-11-26/h8-9,14,16,21H,3-7,10-13,15,17H2,1-2H3,(H,29,32)(H,27,28,30). The maximum atomic E-state index is 13.1. The number of aromatic nitrogens is 2. The van der Waals surface area contributed by atoms with Crippen molar-refractivity contribution < 1.29 is 4.79 Å². The largest absolute Gasteiger partial charge is 0.365 e. The summed E-state index contributed by atoms with van der Waals surface area (Å²) in [6.45, 7) is 6.93. The second-order valence-electron chi connectivity index (χ2n) is 10.2. The molecule has 0 atom stereocenters. The molecule has 2 saturated carbocycles. The van der Waals surface area contributed by atoms with Crippen molar-refractivity contribution in [2.24, 2.45) is 5.41 Å². The minimum absolute atomic E-state index is 0.0638. The van der Waals surface area contributed by atoms with Crippen molar-refractivity contribution in [1.29, 1.82) is 0 Å². The van der Waals surface area contributed by atoms with Gasteiger partial charge < -0.3 is 15.5 Å². The van der Waals surface area contributed by atoms with E-state index in [4.69, 9.17) is 4.98 Å². The zero-order valence-electron chi connectivity index (χ0n) is 19.4. The quantitative estimate of drug-likeness (QED) is 0.687. The molecule has 0 bridgehead atoms. The van der Waals surface area contributed by atoms with Crippen molar-refractivity contribution in [3.05, 3.63) is 46.6 Å². The number of aryl methyl sites for hydroxylation is 2. The molecule has 1 spiro atoms. The predicted molar refractivity (Wildman–Crippen MR) is 128 cm³/mol. The van der Waals surface area contributed by atoms with E-state index in [0.29, 0.717) is 23.3 Å². The third-order valence-electron chi connectivity index (χ3n) is 7.67. The van der Waals surface area contributed by atoms with E-state index in [1.54, 1.807) is 6.20 Å². The monoisotopic (exact) mass is 433 g/mol. The summed E-state index contributed by atoms with van der Waals surface area (Å²) in [5.41, 5.74) is 4.80. The van der Waals surface area contributed by atoms with Crippen LogP contribution in [-0.4, -0.2) is 35.0 Å². The zero-order chi connectivity index (χ0) is 22.1. The lowest BCUT2D eigenvalue weighted by Crippen LogP contribution is -2.36. The normalized spacial score (nSPS) is 19.9. The van der Waals surface area contributed by atoms with E-state index >= 15 is 0 Å². The molecule has 170 valence electrons. The predicted octanol–water partition coefficient (Wildman–Crippen LogP) is 4.76. The highest BCUT2D eigenvalue weighted by Crippen LogP contribution is 2.53. The number of benzene rings is 1. The van der Waals surface area contributed by atoms with Gasteiger partial charge in [0.15, 0.2) is 0 Å². The fraction of sp³-hybridized carbons (Fsp3) is 0.577. The number of nitrogens with one attached hydrogen (secondary N) is 2. The molecule has 2 N–H and O–H groups in total. The van der Waals surface area contributed by atoms with Gasteiger partial charge in [0.05, 0.1) is 0 Å². The maximum absolute atomic E-state index is 13.1. The van der Waals surface area contributed by atoms with Crippen LogP contribution in [0.15, 0.2) is 24.4 Å². The first-order chi connectivity index (χ1) is 15.5. The van der Waals surface area contributed by atoms with Crippen LogP contribution in [0.25, 0.3) is 0 Å². The van der Waals surface area contributed by atoms with E-state index in [2.05, 4.69) is 52.6 Å². The van der Waals surface area contributed by atoms with Gasteiger partial charge in [0.2, 0.25) is 5.95 Å². The van der Waals surface area contributed by atoms with E-state index in [9.17, 15) is 4.79 Å². The maximum Gasteiger partial charge on any atom is 0.256 e. The molecule has 1 saturated heterocycles. The highest BCUT2D eigenvalue weighted by Gasteiger charge is 2.48. The smallest absolute Gasteiger partial charge is 0.256 e. The lowest BCUT2D eigenvalue weighted by Gasteiger charge is -2.24. The number of anilines is 2. The summed E-state index contributed by atoms with van der Waals surface area (Å²) >= 11 is 0. The molecule has 2 aromatic rings. The second-order valence-corrected chi connectivity index (χ2v) is 10.2. The van der Waals surface area contributed by atoms with Gasteiger partial charge in [-0.15, -0.1) is 0 Å². The molecule has 2 aliphatic carbocycles. The Labute approximate surface area is 191 Å². The van der Waals surface area contributed by atoms with Gasteiger partial charge in [0.25, 0.3) is 5.91 Å². The summed E-state index contributed by atoms with van der Waals surface area (Å²) in [6.07, 6.45) is 11.4. The summed E-state index contributed by atoms with van der Waals surface area (Å²) in [5, 5.41) is 6.69. The molecule has 5 rings (SSSR count). The molecule has 0 unspecified atom stereocenters. The Bertz CT molecular complexity index is 994. The molecule has 1 aliphatic heterocycles. The van der Waals surface area contributed by atoms with Crippen molar-refractivity contribution in [3.63, 3.8) is 0 Å². The van der Waals surface area contributed by atoms with Gasteiger partial charge in [-0.1, -0.05) is 37.5 Å². The Balaban J connectivity index is 1.36. The van der Waals surface area contributed by atoms with Crippen LogP contribution in [0, 0.1) is 19.3 Å². The highest BCUT2D eigenvalue weighted by atomic mass is 16.1. The third kappa shape index (κ3) is 4.59. The van der Waals surface area contributed by atoms with Gasteiger partial charge in [0.1, 0.15) is 11.4 Å². The average molecular weight is 434 g/mol. The summed E-state index contributed by atoms with van der Waals surface area (Å²) < 4.78 is 0. The van der Waals surface area contributed by atoms with Crippen LogP contribution in [0.1, 0.15) is 78.4 Å². The van der Waals surface area contributed by atoms with Gasteiger partial charge in [-0.2, -0.15) is 4.98 Å². The SMILES string of the molecule is Cc1ccc(CNc2nc(N3CCC4(CC4)C3)ncc2C(=O)NC2CCCCC2)cc1C. The Morgan fingerprint density at radius 2 is 1.94 bits per heavy atom. The summed E-state index contributed by atoms with van der Waals surface area (Å²) in [5.74, 6) is 1.31. The van der Waals surface area contributed by atoms with E-state index in [1.807, 2.05) is 0 Å². The van der Waals surface area contributed by atoms with Crippen molar-refractivity contribution in [2.75, 3.05) is 23.3 Å². The lowest BCUT2D eigenvalue weighted by molar-refractivity contribution is 0.0928. The Kier molecular flexibility index (Phi) is 5.78. The average Bonchev–Trinajstić information content (AvgIpc) is 3.43. The molecule has 2 heterocycles. The van der Waals surface area contributed by atoms with E-state index in [1.165, 1.54) is 55.2 Å². The van der Waals surface area contributed by atoms with Gasteiger partial charge in [-0.3, -0.25) is 4.79 Å². The number of hydrogen-bond donors (Lipinski definition) is 2. The van der Waals surface area contributed by atoms with E-state index < -0.39 is 0 Å². The first-order valence-corrected chi connectivity index (χ1v) is 12.2. The molecule has 1 aromatic carbocycles. The van der Waals surface area contributed by atoms with Crippen molar-refractivity contribution in [1.82, 2.24) is 15.3 Å². The number of hydrogen-bond acceptors (Lipinski definition) is 5. The van der Waals surface area contributed by atoms with Crippen LogP contribution in [-0.2, 0) is 6.54 Å². The summed E-state index contributed by atoms with van der Waals surface area (Å²) in [6, 6.07) is 6.74. The van der Waals surface area contributed by atoms with Crippen LogP contribution in [0.5, 0.6) is 0 Å². The van der Waals surface area contributed by atoms with Crippen molar-refractivity contribution >= 4 is 17.7 Å². The fourth-order valence-corrected chi connectivity index (χ4v) is 5.13. The molecule has 3 fully saturated rings. The topological polar surface area (TPSA) is 70.2 Å². The first kappa shape index (κ1) is 21.2. The van der Waals surface area contributed by atoms with Gasteiger partial charge in [-0.05, 0) is 68.1 Å². The number of rotatable bonds is 6.